The number of benzene rings is 1. The zero-order valence-electron chi connectivity index (χ0n) is 14.0. The quantitative estimate of drug-likeness (QED) is 0.890. The van der Waals surface area contributed by atoms with E-state index in [4.69, 9.17) is 0 Å². The Balaban J connectivity index is 1.68. The predicted octanol–water partition coefficient (Wildman–Crippen LogP) is 3.74. The summed E-state index contributed by atoms with van der Waals surface area (Å²) in [5.74, 6) is 0.324. The Kier molecular flexibility index (Phi) is 5.16. The van der Waals surface area contributed by atoms with Crippen LogP contribution in [0.15, 0.2) is 29.6 Å². The van der Waals surface area contributed by atoms with Crippen LogP contribution < -0.4 is 5.32 Å². The molecule has 2 heterocycles. The summed E-state index contributed by atoms with van der Waals surface area (Å²) in [6.45, 7) is 4.77. The third-order valence-corrected chi connectivity index (χ3v) is 5.57. The highest BCUT2D eigenvalue weighted by molar-refractivity contribution is 7.13. The number of anilines is 1. The first-order valence-corrected chi connectivity index (χ1v) is 9.17. The molecule has 2 aromatic rings. The van der Waals surface area contributed by atoms with Crippen LogP contribution in [-0.4, -0.2) is 40.2 Å². The highest BCUT2D eigenvalue weighted by Crippen LogP contribution is 2.26. The number of likely N-dealkylation sites (tertiary alicyclic amines) is 1. The summed E-state index contributed by atoms with van der Waals surface area (Å²) < 4.78 is 0. The van der Waals surface area contributed by atoms with Crippen LogP contribution in [0.5, 0.6) is 0 Å². The van der Waals surface area contributed by atoms with Gasteiger partial charge in [0.2, 0.25) is 0 Å². The molecule has 1 fully saturated rings. The largest absolute Gasteiger partial charge is 0.394 e. The molecule has 2 atom stereocenters. The van der Waals surface area contributed by atoms with E-state index >= 15 is 0 Å². The number of urea groups is 1. The summed E-state index contributed by atoms with van der Waals surface area (Å²) in [6, 6.07) is 7.48. The van der Waals surface area contributed by atoms with Crippen LogP contribution in [0, 0.1) is 12.8 Å². The van der Waals surface area contributed by atoms with Gasteiger partial charge in [0, 0.05) is 28.9 Å². The molecule has 24 heavy (non-hydrogen) atoms. The molecule has 0 aliphatic carbocycles. The maximum absolute atomic E-state index is 12.5. The van der Waals surface area contributed by atoms with E-state index in [9.17, 15) is 9.90 Å². The maximum Gasteiger partial charge on any atom is 0.322 e. The zero-order valence-corrected chi connectivity index (χ0v) is 14.8. The van der Waals surface area contributed by atoms with Gasteiger partial charge in [0.25, 0.3) is 0 Å². The minimum Gasteiger partial charge on any atom is -0.394 e. The standard InChI is InChI=1S/C18H23N3O2S/c1-12-4-3-9-21(16(12)10-22)18(23)20-15-7-5-14(6-8-15)17-19-13(2)11-24-17/h5-8,11-12,16,22H,3-4,9-10H2,1-2H3,(H,20,23). The van der Waals surface area contributed by atoms with Crippen molar-refractivity contribution in [3.8, 4) is 10.6 Å². The van der Waals surface area contributed by atoms with Crippen LogP contribution in [0.25, 0.3) is 10.6 Å². The Morgan fingerprint density at radius 2 is 2.17 bits per heavy atom. The normalized spacial score (nSPS) is 20.9. The van der Waals surface area contributed by atoms with Gasteiger partial charge in [-0.3, -0.25) is 0 Å². The number of nitrogens with one attached hydrogen (secondary N) is 1. The van der Waals surface area contributed by atoms with Crippen molar-refractivity contribution in [2.45, 2.75) is 32.7 Å². The van der Waals surface area contributed by atoms with E-state index in [-0.39, 0.29) is 18.7 Å². The van der Waals surface area contributed by atoms with Crippen molar-refractivity contribution in [1.29, 1.82) is 0 Å². The Hall–Kier alpha value is -1.92. The lowest BCUT2D eigenvalue weighted by Crippen LogP contribution is -2.51. The van der Waals surface area contributed by atoms with E-state index in [1.165, 1.54) is 0 Å². The summed E-state index contributed by atoms with van der Waals surface area (Å²) in [5, 5.41) is 15.5. The van der Waals surface area contributed by atoms with Crippen molar-refractivity contribution in [3.05, 3.63) is 35.3 Å². The molecule has 1 saturated heterocycles. The Labute approximate surface area is 146 Å². The van der Waals surface area contributed by atoms with Crippen molar-refractivity contribution < 1.29 is 9.90 Å². The molecule has 3 rings (SSSR count). The molecular weight excluding hydrogens is 322 g/mol. The van der Waals surface area contributed by atoms with Crippen LogP contribution >= 0.6 is 11.3 Å². The fourth-order valence-corrected chi connectivity index (χ4v) is 3.96. The third-order valence-electron chi connectivity index (χ3n) is 4.57. The zero-order chi connectivity index (χ0) is 17.1. The van der Waals surface area contributed by atoms with Crippen molar-refractivity contribution >= 4 is 23.1 Å². The topological polar surface area (TPSA) is 65.5 Å². The van der Waals surface area contributed by atoms with E-state index in [1.807, 2.05) is 36.6 Å². The lowest BCUT2D eigenvalue weighted by Gasteiger charge is -2.38. The summed E-state index contributed by atoms with van der Waals surface area (Å²) in [4.78, 5) is 18.8. The minimum atomic E-state index is -0.140. The van der Waals surface area contributed by atoms with Gasteiger partial charge in [-0.1, -0.05) is 6.92 Å². The Morgan fingerprint density at radius 1 is 1.42 bits per heavy atom. The molecule has 0 spiro atoms. The first-order chi connectivity index (χ1) is 11.6. The molecule has 1 aromatic heterocycles. The highest BCUT2D eigenvalue weighted by Gasteiger charge is 2.31. The van der Waals surface area contributed by atoms with E-state index in [0.717, 1.165) is 34.8 Å². The number of aryl methyl sites for hydroxylation is 1. The fourth-order valence-electron chi connectivity index (χ4n) is 3.16. The lowest BCUT2D eigenvalue weighted by atomic mass is 9.91. The number of piperidine rings is 1. The maximum atomic E-state index is 12.5. The van der Waals surface area contributed by atoms with Crippen molar-refractivity contribution in [1.82, 2.24) is 9.88 Å². The minimum absolute atomic E-state index is 0.0108. The van der Waals surface area contributed by atoms with Crippen LogP contribution in [0.1, 0.15) is 25.5 Å². The molecule has 2 amide bonds. The van der Waals surface area contributed by atoms with Crippen molar-refractivity contribution in [3.63, 3.8) is 0 Å². The molecule has 0 radical (unpaired) electrons. The number of aliphatic hydroxyl groups excluding tert-OH is 1. The summed E-state index contributed by atoms with van der Waals surface area (Å²) in [6.07, 6.45) is 2.03. The second-order valence-electron chi connectivity index (χ2n) is 6.36. The van der Waals surface area contributed by atoms with Crippen molar-refractivity contribution in [2.24, 2.45) is 5.92 Å². The van der Waals surface area contributed by atoms with Gasteiger partial charge in [-0.2, -0.15) is 0 Å². The van der Waals surface area contributed by atoms with Crippen molar-refractivity contribution in [2.75, 3.05) is 18.5 Å². The second-order valence-corrected chi connectivity index (χ2v) is 7.22. The molecule has 5 nitrogen and oxygen atoms in total. The van der Waals surface area contributed by atoms with E-state index < -0.39 is 0 Å². The smallest absolute Gasteiger partial charge is 0.322 e. The van der Waals surface area contributed by atoms with Gasteiger partial charge in [-0.25, -0.2) is 9.78 Å². The Morgan fingerprint density at radius 3 is 2.79 bits per heavy atom. The molecular formula is C18H23N3O2S. The number of hydrogen-bond acceptors (Lipinski definition) is 4. The highest BCUT2D eigenvalue weighted by atomic mass is 32.1. The van der Waals surface area contributed by atoms with Gasteiger partial charge < -0.3 is 15.3 Å². The first-order valence-electron chi connectivity index (χ1n) is 8.29. The number of thiazole rings is 1. The monoisotopic (exact) mass is 345 g/mol. The molecule has 2 unspecified atom stereocenters. The number of hydrogen-bond donors (Lipinski definition) is 2. The van der Waals surface area contributed by atoms with E-state index in [0.29, 0.717) is 12.5 Å². The number of rotatable bonds is 3. The van der Waals surface area contributed by atoms with Gasteiger partial charge in [-0.15, -0.1) is 11.3 Å². The molecule has 1 aliphatic rings. The molecule has 1 aromatic carbocycles. The first kappa shape index (κ1) is 16.9. The van der Waals surface area contributed by atoms with Gasteiger partial charge in [0.05, 0.1) is 12.6 Å². The third kappa shape index (κ3) is 3.60. The number of amides is 2. The fraction of sp³-hybridized carbons (Fsp3) is 0.444. The van der Waals surface area contributed by atoms with Gasteiger partial charge in [-0.05, 0) is 49.9 Å². The van der Waals surface area contributed by atoms with Gasteiger partial charge in [0.15, 0.2) is 0 Å². The average Bonchev–Trinajstić information content (AvgIpc) is 3.01. The summed E-state index contributed by atoms with van der Waals surface area (Å²) >= 11 is 1.61. The average molecular weight is 345 g/mol. The van der Waals surface area contributed by atoms with Crippen LogP contribution in [0.3, 0.4) is 0 Å². The molecule has 128 valence electrons. The number of aliphatic hydroxyl groups is 1. The summed E-state index contributed by atoms with van der Waals surface area (Å²) in [7, 11) is 0. The van der Waals surface area contributed by atoms with Crippen LogP contribution in [-0.2, 0) is 0 Å². The molecule has 0 bridgehead atoms. The number of carbonyl (C=O) groups excluding carboxylic acids is 1. The SMILES string of the molecule is Cc1csc(-c2ccc(NC(=O)N3CCCC(C)C3CO)cc2)n1. The van der Waals surface area contributed by atoms with Gasteiger partial charge in [0.1, 0.15) is 5.01 Å². The van der Waals surface area contributed by atoms with Crippen LogP contribution in [0.2, 0.25) is 0 Å². The van der Waals surface area contributed by atoms with Crippen LogP contribution in [0.4, 0.5) is 10.5 Å². The Bertz CT molecular complexity index is 699. The molecule has 6 heteroatoms. The molecule has 0 saturated carbocycles. The lowest BCUT2D eigenvalue weighted by molar-refractivity contribution is 0.0811. The second kappa shape index (κ2) is 7.32. The molecule has 2 N–H and O–H groups in total. The van der Waals surface area contributed by atoms with Gasteiger partial charge >= 0.3 is 6.03 Å². The van der Waals surface area contributed by atoms with E-state index in [2.05, 4.69) is 17.2 Å². The van der Waals surface area contributed by atoms with E-state index in [1.54, 1.807) is 16.2 Å². The number of nitrogens with zero attached hydrogens (tertiary/aromatic N) is 2. The predicted molar refractivity (Wildman–Crippen MR) is 97.3 cm³/mol. The summed E-state index contributed by atoms with van der Waals surface area (Å²) in [5.41, 5.74) is 2.82. The molecule has 1 aliphatic heterocycles. The number of carbonyl (C=O) groups is 1. The number of aromatic nitrogens is 1.